The number of rotatable bonds is 3. The fourth-order valence-electron chi connectivity index (χ4n) is 2.42. The van der Waals surface area contributed by atoms with Crippen molar-refractivity contribution in [3.8, 4) is 11.5 Å². The molecular formula is C14H21NO2. The second-order valence-corrected chi connectivity index (χ2v) is 4.69. The van der Waals surface area contributed by atoms with Crippen molar-refractivity contribution in [2.75, 3.05) is 20.8 Å². The minimum absolute atomic E-state index is 0.548. The lowest BCUT2D eigenvalue weighted by molar-refractivity contribution is 0.360. The molecular weight excluding hydrogens is 214 g/mol. The van der Waals surface area contributed by atoms with E-state index in [0.29, 0.717) is 12.0 Å². The van der Waals surface area contributed by atoms with Crippen LogP contribution < -0.4 is 14.8 Å². The summed E-state index contributed by atoms with van der Waals surface area (Å²) in [5, 5.41) is 3.52. The summed E-state index contributed by atoms with van der Waals surface area (Å²) in [6.07, 6.45) is 2.44. The van der Waals surface area contributed by atoms with Gasteiger partial charge in [0.05, 0.1) is 14.2 Å². The highest BCUT2D eigenvalue weighted by Gasteiger charge is 2.22. The van der Waals surface area contributed by atoms with Crippen molar-refractivity contribution in [2.24, 2.45) is 0 Å². The van der Waals surface area contributed by atoms with Crippen LogP contribution in [0.5, 0.6) is 11.5 Å². The fraction of sp³-hybridized carbons (Fsp3) is 0.571. The molecule has 3 heteroatoms. The second kappa shape index (κ2) is 5.41. The van der Waals surface area contributed by atoms with Crippen molar-refractivity contribution in [1.29, 1.82) is 0 Å². The minimum Gasteiger partial charge on any atom is -0.497 e. The molecule has 3 nitrogen and oxygen atoms in total. The Morgan fingerprint density at radius 3 is 2.59 bits per heavy atom. The van der Waals surface area contributed by atoms with Crippen LogP contribution in [-0.2, 0) is 0 Å². The van der Waals surface area contributed by atoms with Crippen LogP contribution in [0.4, 0.5) is 0 Å². The first-order valence-corrected chi connectivity index (χ1v) is 6.20. The molecule has 0 spiro atoms. The van der Waals surface area contributed by atoms with Gasteiger partial charge in [0.15, 0.2) is 0 Å². The molecule has 1 saturated heterocycles. The third-order valence-electron chi connectivity index (χ3n) is 3.54. The summed E-state index contributed by atoms with van der Waals surface area (Å²) in [6.45, 7) is 3.27. The molecule has 0 aliphatic carbocycles. The average Bonchev–Trinajstić information content (AvgIpc) is 2.39. The number of nitrogens with one attached hydrogen (secondary N) is 1. The molecule has 1 aliphatic heterocycles. The number of hydrogen-bond donors (Lipinski definition) is 1. The quantitative estimate of drug-likeness (QED) is 0.873. The number of benzene rings is 1. The Kier molecular flexibility index (Phi) is 3.89. The molecule has 1 aromatic rings. The van der Waals surface area contributed by atoms with Crippen molar-refractivity contribution in [2.45, 2.75) is 31.7 Å². The highest BCUT2D eigenvalue weighted by molar-refractivity contribution is 5.43. The lowest BCUT2D eigenvalue weighted by Gasteiger charge is -2.29. The van der Waals surface area contributed by atoms with Crippen LogP contribution in [0.15, 0.2) is 18.2 Å². The third-order valence-corrected chi connectivity index (χ3v) is 3.54. The zero-order valence-corrected chi connectivity index (χ0v) is 10.8. The van der Waals surface area contributed by atoms with E-state index in [4.69, 9.17) is 9.47 Å². The maximum atomic E-state index is 5.46. The van der Waals surface area contributed by atoms with E-state index in [-0.39, 0.29) is 0 Å². The largest absolute Gasteiger partial charge is 0.497 e. The second-order valence-electron chi connectivity index (χ2n) is 4.69. The smallest absolute Gasteiger partial charge is 0.126 e. The predicted octanol–water partition coefficient (Wildman–Crippen LogP) is 2.56. The van der Waals surface area contributed by atoms with Gasteiger partial charge < -0.3 is 14.8 Å². The summed E-state index contributed by atoms with van der Waals surface area (Å²) in [5.74, 6) is 2.33. The normalized spacial score (nSPS) is 24.4. The maximum Gasteiger partial charge on any atom is 0.126 e. The molecule has 2 atom stereocenters. The van der Waals surface area contributed by atoms with Crippen molar-refractivity contribution in [1.82, 2.24) is 5.32 Å². The Morgan fingerprint density at radius 2 is 2.00 bits per heavy atom. The van der Waals surface area contributed by atoms with E-state index < -0.39 is 0 Å². The topological polar surface area (TPSA) is 30.5 Å². The maximum absolute atomic E-state index is 5.46. The van der Waals surface area contributed by atoms with Gasteiger partial charge in [-0.1, -0.05) is 6.07 Å². The van der Waals surface area contributed by atoms with Crippen molar-refractivity contribution in [3.05, 3.63) is 23.8 Å². The molecule has 1 fully saturated rings. The van der Waals surface area contributed by atoms with Gasteiger partial charge in [0, 0.05) is 24.6 Å². The molecule has 0 saturated carbocycles. The van der Waals surface area contributed by atoms with E-state index in [0.717, 1.165) is 18.0 Å². The number of hydrogen-bond acceptors (Lipinski definition) is 3. The van der Waals surface area contributed by atoms with Gasteiger partial charge in [-0.2, -0.15) is 0 Å². The van der Waals surface area contributed by atoms with E-state index in [1.165, 1.54) is 18.4 Å². The van der Waals surface area contributed by atoms with E-state index in [2.05, 4.69) is 18.3 Å². The molecule has 1 N–H and O–H groups in total. The van der Waals surface area contributed by atoms with Crippen LogP contribution in [0.2, 0.25) is 0 Å². The Balaban J connectivity index is 2.19. The monoisotopic (exact) mass is 235 g/mol. The minimum atomic E-state index is 0.548. The first-order chi connectivity index (χ1) is 8.24. The van der Waals surface area contributed by atoms with Crippen LogP contribution >= 0.6 is 0 Å². The molecule has 0 aromatic heterocycles. The Hall–Kier alpha value is -1.22. The van der Waals surface area contributed by atoms with Crippen molar-refractivity contribution in [3.63, 3.8) is 0 Å². The van der Waals surface area contributed by atoms with Crippen LogP contribution in [0.1, 0.15) is 31.2 Å². The highest BCUT2D eigenvalue weighted by Crippen LogP contribution is 2.34. The van der Waals surface area contributed by atoms with Gasteiger partial charge in [-0.05, 0) is 31.4 Å². The van der Waals surface area contributed by atoms with E-state index in [1.807, 2.05) is 12.1 Å². The van der Waals surface area contributed by atoms with E-state index in [1.54, 1.807) is 14.2 Å². The van der Waals surface area contributed by atoms with Gasteiger partial charge in [0.2, 0.25) is 0 Å². The molecule has 2 rings (SSSR count). The molecule has 1 heterocycles. The Bertz CT molecular complexity index is 370. The molecule has 0 amide bonds. The summed E-state index contributed by atoms with van der Waals surface area (Å²) in [7, 11) is 3.40. The number of piperidine rings is 1. The van der Waals surface area contributed by atoms with Crippen LogP contribution in [0.25, 0.3) is 0 Å². The van der Waals surface area contributed by atoms with Crippen LogP contribution in [0, 0.1) is 0 Å². The number of methoxy groups -OCH3 is 2. The zero-order valence-electron chi connectivity index (χ0n) is 10.8. The summed E-state index contributed by atoms with van der Waals surface area (Å²) < 4.78 is 10.7. The molecule has 1 aromatic carbocycles. The van der Waals surface area contributed by atoms with Gasteiger partial charge in [0.25, 0.3) is 0 Å². The zero-order chi connectivity index (χ0) is 12.3. The summed E-state index contributed by atoms with van der Waals surface area (Å²) in [5.41, 5.74) is 1.28. The fourth-order valence-corrected chi connectivity index (χ4v) is 2.42. The van der Waals surface area contributed by atoms with Gasteiger partial charge >= 0.3 is 0 Å². The SMILES string of the molecule is COc1ccc(C2CCC(C)NC2)c(OC)c1. The molecule has 2 unspecified atom stereocenters. The van der Waals surface area contributed by atoms with Crippen molar-refractivity contribution < 1.29 is 9.47 Å². The molecule has 0 bridgehead atoms. The average molecular weight is 235 g/mol. The lowest BCUT2D eigenvalue weighted by Crippen LogP contribution is -2.35. The van der Waals surface area contributed by atoms with Crippen LogP contribution in [0.3, 0.4) is 0 Å². The standard InChI is InChI=1S/C14H21NO2/c1-10-4-5-11(9-15-10)13-7-6-12(16-2)8-14(13)17-3/h6-8,10-11,15H,4-5,9H2,1-3H3. The first-order valence-electron chi connectivity index (χ1n) is 6.20. The predicted molar refractivity (Wildman–Crippen MR) is 69.0 cm³/mol. The third kappa shape index (κ3) is 2.72. The summed E-state index contributed by atoms with van der Waals surface area (Å²) >= 11 is 0. The van der Waals surface area contributed by atoms with E-state index >= 15 is 0 Å². The van der Waals surface area contributed by atoms with Crippen molar-refractivity contribution >= 4 is 0 Å². The Labute approximate surface area is 103 Å². The lowest BCUT2D eigenvalue weighted by atomic mass is 9.88. The number of ether oxygens (including phenoxy) is 2. The van der Waals surface area contributed by atoms with Gasteiger partial charge in [0.1, 0.15) is 11.5 Å². The molecule has 94 valence electrons. The Morgan fingerprint density at radius 1 is 1.18 bits per heavy atom. The van der Waals surface area contributed by atoms with Gasteiger partial charge in [-0.3, -0.25) is 0 Å². The molecule has 17 heavy (non-hydrogen) atoms. The summed E-state index contributed by atoms with van der Waals surface area (Å²) in [4.78, 5) is 0. The van der Waals surface area contributed by atoms with E-state index in [9.17, 15) is 0 Å². The molecule has 0 radical (unpaired) electrons. The first kappa shape index (κ1) is 12.2. The van der Waals surface area contributed by atoms with Gasteiger partial charge in [-0.15, -0.1) is 0 Å². The highest BCUT2D eigenvalue weighted by atomic mass is 16.5. The van der Waals surface area contributed by atoms with Gasteiger partial charge in [-0.25, -0.2) is 0 Å². The summed E-state index contributed by atoms with van der Waals surface area (Å²) in [6, 6.07) is 6.74. The molecule has 1 aliphatic rings. The van der Waals surface area contributed by atoms with Crippen LogP contribution in [-0.4, -0.2) is 26.8 Å².